The lowest BCUT2D eigenvalue weighted by atomic mass is 10.4. The Morgan fingerprint density at radius 2 is 2.07 bits per heavy atom. The van der Waals surface area contributed by atoms with E-state index >= 15 is 0 Å². The van der Waals surface area contributed by atoms with E-state index in [4.69, 9.17) is 0 Å². The third kappa shape index (κ3) is 1.23. The molecule has 14 heavy (non-hydrogen) atoms. The van der Waals surface area contributed by atoms with Gasteiger partial charge in [0.1, 0.15) is 5.75 Å². The highest BCUT2D eigenvalue weighted by Crippen LogP contribution is 2.26. The summed E-state index contributed by atoms with van der Waals surface area (Å²) in [6.45, 7) is 0. The molecular weight excluding hydrogens is 212 g/mol. The summed E-state index contributed by atoms with van der Waals surface area (Å²) in [6.07, 6.45) is -2.42. The second-order valence-corrected chi connectivity index (χ2v) is 3.28. The number of carbonyl (C=O) groups is 4. The van der Waals surface area contributed by atoms with E-state index in [-0.39, 0.29) is 0 Å². The Hall–Kier alpha value is -1.57. The van der Waals surface area contributed by atoms with Crippen LogP contribution < -0.4 is 5.32 Å². The van der Waals surface area contributed by atoms with Crippen molar-refractivity contribution in [2.75, 3.05) is 0 Å². The van der Waals surface area contributed by atoms with Gasteiger partial charge in [-0.15, -0.1) is 0 Å². The van der Waals surface area contributed by atoms with Gasteiger partial charge in [-0.3, -0.25) is 19.7 Å². The number of cyclic esters (lactones) is 1. The first-order valence-corrected chi connectivity index (χ1v) is 4.36. The van der Waals surface area contributed by atoms with Crippen molar-refractivity contribution in [1.29, 1.82) is 0 Å². The lowest BCUT2D eigenvalue weighted by Crippen LogP contribution is -2.43. The lowest BCUT2D eigenvalue weighted by molar-refractivity contribution is -0.139. The van der Waals surface area contributed by atoms with Crippen LogP contribution in [-0.2, 0) is 14.3 Å². The van der Waals surface area contributed by atoms with Crippen molar-refractivity contribution in [2.45, 2.75) is 6.23 Å². The molecular formula is C6H3N2O5S. The van der Waals surface area contributed by atoms with Gasteiger partial charge in [-0.25, -0.2) is 9.69 Å². The first-order valence-electron chi connectivity index (χ1n) is 3.48. The predicted molar refractivity (Wildman–Crippen MR) is 42.5 cm³/mol. The normalized spacial score (nSPS) is 26.9. The quantitative estimate of drug-likeness (QED) is 0.630. The zero-order valence-corrected chi connectivity index (χ0v) is 7.37. The van der Waals surface area contributed by atoms with Crippen molar-refractivity contribution < 1.29 is 23.9 Å². The maximum Gasteiger partial charge on any atom is 0.416 e. The van der Waals surface area contributed by atoms with Crippen LogP contribution in [0.3, 0.4) is 0 Å². The molecule has 2 aliphatic heterocycles. The highest BCUT2D eigenvalue weighted by molar-refractivity contribution is 8.16. The van der Waals surface area contributed by atoms with Crippen molar-refractivity contribution in [2.24, 2.45) is 0 Å². The summed E-state index contributed by atoms with van der Waals surface area (Å²) in [5, 5.41) is 1.18. The number of amides is 4. The van der Waals surface area contributed by atoms with Gasteiger partial charge in [-0.2, -0.15) is 0 Å². The van der Waals surface area contributed by atoms with Gasteiger partial charge in [0.2, 0.25) is 5.91 Å². The minimum absolute atomic E-state index is 0.588. The van der Waals surface area contributed by atoms with Crippen molar-refractivity contribution in [3.63, 3.8) is 0 Å². The number of ether oxygens (including phenoxy) is 1. The van der Waals surface area contributed by atoms with Gasteiger partial charge in [0.05, 0.1) is 0 Å². The molecule has 2 aliphatic rings. The van der Waals surface area contributed by atoms with Gasteiger partial charge in [0.15, 0.2) is 0 Å². The standard InChI is InChI=1S/C6H3N2O5S/c9-2-1-14-6(12)8(2)4-3(10)7-5(11)13-4/h1,4H,(H,7,10,11). The van der Waals surface area contributed by atoms with Crippen LogP contribution in [0.1, 0.15) is 0 Å². The van der Waals surface area contributed by atoms with Crippen molar-refractivity contribution >= 4 is 34.9 Å². The molecule has 2 saturated heterocycles. The van der Waals surface area contributed by atoms with Crippen LogP contribution in [0, 0.1) is 5.75 Å². The Kier molecular flexibility index (Phi) is 1.92. The molecule has 0 aliphatic carbocycles. The average molecular weight is 215 g/mol. The van der Waals surface area contributed by atoms with E-state index < -0.39 is 29.4 Å². The molecule has 8 heteroatoms. The minimum Gasteiger partial charge on any atom is -0.415 e. The predicted octanol–water partition coefficient (Wildman–Crippen LogP) is -0.564. The Labute approximate surface area is 81.7 Å². The van der Waals surface area contributed by atoms with Crippen LogP contribution in [0.25, 0.3) is 0 Å². The second-order valence-electron chi connectivity index (χ2n) is 2.46. The third-order valence-electron chi connectivity index (χ3n) is 1.60. The van der Waals surface area contributed by atoms with Crippen LogP contribution in [0.5, 0.6) is 0 Å². The topological polar surface area (TPSA) is 92.8 Å². The Morgan fingerprint density at radius 1 is 1.36 bits per heavy atom. The van der Waals surface area contributed by atoms with Crippen LogP contribution in [0.15, 0.2) is 0 Å². The van der Waals surface area contributed by atoms with Crippen LogP contribution >= 0.6 is 11.8 Å². The first-order chi connectivity index (χ1) is 6.59. The Bertz CT molecular complexity index is 338. The molecule has 1 unspecified atom stereocenters. The highest BCUT2D eigenvalue weighted by atomic mass is 32.2. The summed E-state index contributed by atoms with van der Waals surface area (Å²) >= 11 is 0.645. The van der Waals surface area contributed by atoms with Gasteiger partial charge < -0.3 is 4.74 Å². The number of nitrogens with one attached hydrogen (secondary N) is 1. The smallest absolute Gasteiger partial charge is 0.415 e. The van der Waals surface area contributed by atoms with Crippen LogP contribution in [-0.4, -0.2) is 34.3 Å². The summed E-state index contributed by atoms with van der Waals surface area (Å²) in [5.41, 5.74) is 0. The van der Waals surface area contributed by atoms with Crippen molar-refractivity contribution in [3.8, 4) is 0 Å². The third-order valence-corrected chi connectivity index (χ3v) is 2.32. The van der Waals surface area contributed by atoms with E-state index in [9.17, 15) is 19.2 Å². The van der Waals surface area contributed by atoms with Gasteiger partial charge in [-0.05, 0) is 11.8 Å². The summed E-state index contributed by atoms with van der Waals surface area (Å²) in [7, 11) is 0. The van der Waals surface area contributed by atoms with Gasteiger partial charge in [0.25, 0.3) is 17.4 Å². The molecule has 2 rings (SSSR count). The fraction of sp³-hybridized carbons (Fsp3) is 0.167. The fourth-order valence-electron chi connectivity index (χ4n) is 1.03. The van der Waals surface area contributed by atoms with Crippen molar-refractivity contribution in [1.82, 2.24) is 10.2 Å². The Morgan fingerprint density at radius 3 is 2.50 bits per heavy atom. The van der Waals surface area contributed by atoms with Crippen molar-refractivity contribution in [3.05, 3.63) is 5.75 Å². The molecule has 0 spiro atoms. The SMILES string of the molecule is O=C1NC(=O)C(N2C(=O)[CH]SC2=O)O1. The number of alkyl carbamates (subject to hydrolysis) is 1. The first kappa shape index (κ1) is 9.00. The van der Waals surface area contributed by atoms with Gasteiger partial charge in [-0.1, -0.05) is 0 Å². The molecule has 0 aromatic rings. The number of nitrogens with zero attached hydrogens (tertiary/aromatic N) is 1. The van der Waals surface area contributed by atoms with E-state index in [0.717, 1.165) is 5.75 Å². The maximum absolute atomic E-state index is 11.1. The summed E-state index contributed by atoms with van der Waals surface area (Å²) in [6, 6.07) is 0. The Balaban J connectivity index is 2.22. The number of rotatable bonds is 1. The van der Waals surface area contributed by atoms with Crippen LogP contribution in [0.2, 0.25) is 0 Å². The number of hydrogen-bond acceptors (Lipinski definition) is 6. The molecule has 1 atom stereocenters. The van der Waals surface area contributed by atoms with E-state index in [1.165, 1.54) is 0 Å². The largest absolute Gasteiger partial charge is 0.416 e. The fourth-order valence-corrected chi connectivity index (χ4v) is 1.65. The molecule has 2 fully saturated rings. The van der Waals surface area contributed by atoms with E-state index in [2.05, 4.69) is 4.74 Å². The monoisotopic (exact) mass is 215 g/mol. The zero-order chi connectivity index (χ0) is 10.3. The zero-order valence-electron chi connectivity index (χ0n) is 6.55. The number of imide groups is 2. The maximum atomic E-state index is 11.1. The minimum atomic E-state index is -1.46. The molecule has 0 aromatic carbocycles. The van der Waals surface area contributed by atoms with Crippen LogP contribution in [0.4, 0.5) is 9.59 Å². The summed E-state index contributed by atoms with van der Waals surface area (Å²) in [4.78, 5) is 44.4. The molecule has 73 valence electrons. The van der Waals surface area contributed by atoms with Gasteiger partial charge in [0, 0.05) is 0 Å². The highest BCUT2D eigenvalue weighted by Gasteiger charge is 2.46. The lowest BCUT2D eigenvalue weighted by Gasteiger charge is -2.15. The van der Waals surface area contributed by atoms with E-state index in [1.54, 1.807) is 0 Å². The van der Waals surface area contributed by atoms with Gasteiger partial charge >= 0.3 is 6.09 Å². The molecule has 7 nitrogen and oxygen atoms in total. The number of hydrogen-bond donors (Lipinski definition) is 1. The van der Waals surface area contributed by atoms with E-state index in [1.807, 2.05) is 5.32 Å². The molecule has 0 aromatic heterocycles. The number of thioether (sulfide) groups is 1. The molecule has 1 N–H and O–H groups in total. The average Bonchev–Trinajstić information content (AvgIpc) is 2.57. The number of carbonyl (C=O) groups excluding carboxylic acids is 4. The molecule has 2 heterocycles. The molecule has 0 bridgehead atoms. The molecule has 0 saturated carbocycles. The van der Waals surface area contributed by atoms with E-state index in [0.29, 0.717) is 16.7 Å². The summed E-state index contributed by atoms with van der Waals surface area (Å²) in [5.74, 6) is -0.427. The summed E-state index contributed by atoms with van der Waals surface area (Å²) < 4.78 is 4.45. The molecule has 4 amide bonds. The second kappa shape index (κ2) is 2.98. The molecule has 1 radical (unpaired) electrons.